The average molecular weight is 442 g/mol. The first kappa shape index (κ1) is 21.1. The van der Waals surface area contributed by atoms with Crippen LogP contribution >= 0.6 is 0 Å². The molecule has 0 bridgehead atoms. The number of rotatable bonds is 7. The van der Waals surface area contributed by atoms with Gasteiger partial charge in [0.1, 0.15) is 6.10 Å². The van der Waals surface area contributed by atoms with E-state index in [2.05, 4.69) is 140 Å². The SMILES string of the molecule is c1ccc([C](O[Si](c2ccccc2)(c2ccccc2)c2ccccc2)c2ccccc2)cc1. The second-order valence-corrected chi connectivity index (χ2v) is 11.2. The Morgan fingerprint density at radius 3 is 0.939 bits per heavy atom. The second kappa shape index (κ2) is 9.82. The van der Waals surface area contributed by atoms with Crippen LogP contribution in [-0.2, 0) is 4.43 Å². The quantitative estimate of drug-likeness (QED) is 0.246. The Labute approximate surface area is 197 Å². The Hall–Kier alpha value is -3.72. The largest absolute Gasteiger partial charge is 0.387 e. The van der Waals surface area contributed by atoms with E-state index in [1.54, 1.807) is 0 Å². The molecule has 1 radical (unpaired) electrons. The Morgan fingerprint density at radius 2 is 0.636 bits per heavy atom. The lowest BCUT2D eigenvalue weighted by atomic mass is 10.0. The first-order chi connectivity index (χ1) is 16.4. The smallest absolute Gasteiger partial charge is 0.289 e. The molecule has 0 aliphatic heterocycles. The zero-order chi connectivity index (χ0) is 22.3. The van der Waals surface area contributed by atoms with Crippen LogP contribution in [0, 0.1) is 6.10 Å². The molecule has 0 heterocycles. The van der Waals surface area contributed by atoms with Gasteiger partial charge in [-0.25, -0.2) is 0 Å². The van der Waals surface area contributed by atoms with Crippen molar-refractivity contribution in [3.8, 4) is 0 Å². The Kier molecular flexibility index (Phi) is 6.29. The van der Waals surface area contributed by atoms with Crippen molar-refractivity contribution in [1.82, 2.24) is 0 Å². The van der Waals surface area contributed by atoms with Crippen LogP contribution in [0.25, 0.3) is 0 Å². The molecular weight excluding hydrogens is 416 g/mol. The van der Waals surface area contributed by atoms with Crippen molar-refractivity contribution in [2.45, 2.75) is 0 Å². The van der Waals surface area contributed by atoms with E-state index in [1.165, 1.54) is 15.6 Å². The maximum absolute atomic E-state index is 7.42. The normalized spacial score (nSPS) is 11.4. The molecule has 5 rings (SSSR count). The number of benzene rings is 5. The Bertz CT molecular complexity index is 1120. The van der Waals surface area contributed by atoms with Crippen molar-refractivity contribution in [3.05, 3.63) is 169 Å². The molecule has 0 saturated carbocycles. The van der Waals surface area contributed by atoms with Gasteiger partial charge in [-0.15, -0.1) is 0 Å². The maximum atomic E-state index is 7.42. The summed E-state index contributed by atoms with van der Waals surface area (Å²) in [6.07, 6.45) is 0.902. The summed E-state index contributed by atoms with van der Waals surface area (Å²) in [7, 11) is -2.89. The molecule has 1 nitrogen and oxygen atoms in total. The van der Waals surface area contributed by atoms with Crippen LogP contribution in [0.2, 0.25) is 0 Å². The summed E-state index contributed by atoms with van der Waals surface area (Å²) < 4.78 is 7.42. The van der Waals surface area contributed by atoms with E-state index < -0.39 is 8.32 Å². The topological polar surface area (TPSA) is 9.23 Å². The van der Waals surface area contributed by atoms with Gasteiger partial charge in [-0.1, -0.05) is 152 Å². The van der Waals surface area contributed by atoms with Gasteiger partial charge in [0.15, 0.2) is 0 Å². The van der Waals surface area contributed by atoms with Crippen molar-refractivity contribution in [2.75, 3.05) is 0 Å². The van der Waals surface area contributed by atoms with Crippen molar-refractivity contribution in [1.29, 1.82) is 0 Å². The van der Waals surface area contributed by atoms with Crippen LogP contribution in [0.1, 0.15) is 11.1 Å². The highest BCUT2D eigenvalue weighted by atomic mass is 28.4. The predicted molar refractivity (Wildman–Crippen MR) is 139 cm³/mol. The molecule has 0 N–H and O–H groups in total. The molecule has 0 amide bonds. The van der Waals surface area contributed by atoms with Crippen molar-refractivity contribution in [2.24, 2.45) is 0 Å². The van der Waals surface area contributed by atoms with Crippen molar-refractivity contribution >= 4 is 23.9 Å². The molecule has 5 aromatic rings. The van der Waals surface area contributed by atoms with Crippen LogP contribution in [0.3, 0.4) is 0 Å². The fourth-order valence-corrected chi connectivity index (χ4v) is 8.19. The minimum Gasteiger partial charge on any atom is -0.387 e. The molecule has 33 heavy (non-hydrogen) atoms. The van der Waals surface area contributed by atoms with Gasteiger partial charge in [0.2, 0.25) is 0 Å². The molecule has 2 heteroatoms. The molecule has 159 valence electrons. The summed E-state index contributed by atoms with van der Waals surface area (Å²) in [5.74, 6) is 0. The molecule has 0 saturated heterocycles. The molecular formula is C31H25OSi. The van der Waals surface area contributed by atoms with Crippen LogP contribution in [0.4, 0.5) is 0 Å². The first-order valence-corrected chi connectivity index (χ1v) is 13.1. The average Bonchev–Trinajstić information content (AvgIpc) is 2.92. The fraction of sp³-hybridized carbons (Fsp3) is 0. The van der Waals surface area contributed by atoms with Gasteiger partial charge in [-0.3, -0.25) is 0 Å². The third-order valence-corrected chi connectivity index (χ3v) is 9.82. The zero-order valence-corrected chi connectivity index (χ0v) is 19.3. The van der Waals surface area contributed by atoms with Gasteiger partial charge in [0.25, 0.3) is 8.32 Å². The zero-order valence-electron chi connectivity index (χ0n) is 18.3. The predicted octanol–water partition coefficient (Wildman–Crippen LogP) is 5.30. The summed E-state index contributed by atoms with van der Waals surface area (Å²) in [5.41, 5.74) is 2.15. The summed E-state index contributed by atoms with van der Waals surface area (Å²) in [6, 6.07) is 53.0. The Balaban J connectivity index is 1.78. The van der Waals surface area contributed by atoms with E-state index in [4.69, 9.17) is 4.43 Å². The molecule has 0 aromatic heterocycles. The lowest BCUT2D eigenvalue weighted by molar-refractivity contribution is 0.384. The third-order valence-electron chi connectivity index (χ3n) is 5.87. The minimum atomic E-state index is -2.89. The molecule has 0 unspecified atom stereocenters. The van der Waals surface area contributed by atoms with Crippen molar-refractivity contribution < 1.29 is 4.43 Å². The van der Waals surface area contributed by atoms with E-state index in [-0.39, 0.29) is 0 Å². The highest BCUT2D eigenvalue weighted by Crippen LogP contribution is 2.28. The van der Waals surface area contributed by atoms with Gasteiger partial charge in [-0.2, -0.15) is 0 Å². The summed E-state index contributed by atoms with van der Waals surface area (Å²) in [6.45, 7) is 0. The number of hydrogen-bond acceptors (Lipinski definition) is 1. The van der Waals surface area contributed by atoms with Crippen LogP contribution in [-0.4, -0.2) is 8.32 Å². The van der Waals surface area contributed by atoms with Crippen LogP contribution in [0.15, 0.2) is 152 Å². The van der Waals surface area contributed by atoms with Crippen LogP contribution < -0.4 is 15.6 Å². The van der Waals surface area contributed by atoms with E-state index in [1.807, 2.05) is 12.1 Å². The third kappa shape index (κ3) is 4.31. The van der Waals surface area contributed by atoms with E-state index >= 15 is 0 Å². The molecule has 0 aliphatic rings. The number of hydrogen-bond donors (Lipinski definition) is 0. The second-order valence-electron chi connectivity index (χ2n) is 7.94. The summed E-state index contributed by atoms with van der Waals surface area (Å²) in [4.78, 5) is 0. The lowest BCUT2D eigenvalue weighted by Crippen LogP contribution is -2.69. The molecule has 0 atom stereocenters. The fourth-order valence-electron chi connectivity index (χ4n) is 4.31. The highest BCUT2D eigenvalue weighted by molar-refractivity contribution is 7.07. The standard InChI is InChI=1S/C31H25OSi/c1-6-16-26(17-7-1)31(27-18-8-2-9-19-27)32-33(28-20-10-3-11-21-28,29-22-12-4-13-23-29)30-24-14-5-15-25-30/h1-25H. The van der Waals surface area contributed by atoms with E-state index in [0.717, 1.165) is 17.2 Å². The van der Waals surface area contributed by atoms with Gasteiger partial charge in [0.05, 0.1) is 0 Å². The van der Waals surface area contributed by atoms with E-state index in [9.17, 15) is 0 Å². The molecule has 0 aliphatic carbocycles. The summed E-state index contributed by atoms with van der Waals surface area (Å²) in [5, 5.41) is 3.64. The lowest BCUT2D eigenvalue weighted by Gasteiger charge is -2.36. The monoisotopic (exact) mass is 441 g/mol. The molecule has 0 fully saturated rings. The summed E-state index contributed by atoms with van der Waals surface area (Å²) >= 11 is 0. The molecule has 0 spiro atoms. The molecule has 5 aromatic carbocycles. The maximum Gasteiger partial charge on any atom is 0.289 e. The first-order valence-electron chi connectivity index (χ1n) is 11.2. The minimum absolute atomic E-state index is 0.902. The van der Waals surface area contributed by atoms with Gasteiger partial charge >= 0.3 is 0 Å². The Morgan fingerprint density at radius 1 is 0.364 bits per heavy atom. The van der Waals surface area contributed by atoms with Gasteiger partial charge < -0.3 is 4.43 Å². The highest BCUT2D eigenvalue weighted by Gasteiger charge is 2.44. The van der Waals surface area contributed by atoms with Crippen molar-refractivity contribution in [3.63, 3.8) is 0 Å². The van der Waals surface area contributed by atoms with Gasteiger partial charge in [-0.05, 0) is 26.7 Å². The van der Waals surface area contributed by atoms with Crippen LogP contribution in [0.5, 0.6) is 0 Å². The van der Waals surface area contributed by atoms with Gasteiger partial charge in [0, 0.05) is 0 Å². The van der Waals surface area contributed by atoms with E-state index in [0.29, 0.717) is 0 Å².